The minimum atomic E-state index is -0.974. The third-order valence-corrected chi connectivity index (χ3v) is 10.6. The largest absolute Gasteiger partial charge is 0.445 e. The number of likely N-dealkylation sites (tertiary alicyclic amines) is 1. The summed E-state index contributed by atoms with van der Waals surface area (Å²) in [5, 5.41) is 12.2. The maximum Gasteiger partial charge on any atom is 0.408 e. The number of aliphatic hydroxyl groups excluding tert-OH is 1. The molecule has 1 unspecified atom stereocenters. The SMILES string of the molecule is C[C@@H]1[C@H](CN2CCN(Cc3ccccc3)CC2)O[C@H](c2ccc(CN3C(=O)CC(NC(=O)OCc4ccccc4)C3=O)cc2)O[C@@H]1c1ccc(CO)cc1. The molecule has 3 fully saturated rings. The number of nitrogens with one attached hydrogen (secondary N) is 1. The summed E-state index contributed by atoms with van der Waals surface area (Å²) in [5.41, 5.74) is 5.61. The molecule has 54 heavy (non-hydrogen) atoms. The van der Waals surface area contributed by atoms with Gasteiger partial charge in [0.15, 0.2) is 6.29 Å². The highest BCUT2D eigenvalue weighted by Crippen LogP contribution is 2.42. The zero-order chi connectivity index (χ0) is 37.4. The fourth-order valence-electron chi connectivity index (χ4n) is 7.39. The van der Waals surface area contributed by atoms with Crippen molar-refractivity contribution >= 4 is 17.9 Å². The molecule has 5 atom stereocenters. The predicted molar refractivity (Wildman–Crippen MR) is 201 cm³/mol. The maximum absolute atomic E-state index is 13.2. The summed E-state index contributed by atoms with van der Waals surface area (Å²) < 4.78 is 18.7. The van der Waals surface area contributed by atoms with Crippen molar-refractivity contribution in [2.24, 2.45) is 5.92 Å². The van der Waals surface area contributed by atoms with Gasteiger partial charge in [0.1, 0.15) is 12.6 Å². The van der Waals surface area contributed by atoms with Gasteiger partial charge in [0.2, 0.25) is 5.91 Å². The Kier molecular flexibility index (Phi) is 12.1. The van der Waals surface area contributed by atoms with Crippen molar-refractivity contribution in [2.75, 3.05) is 32.7 Å². The smallest absolute Gasteiger partial charge is 0.408 e. The first-order valence-corrected chi connectivity index (χ1v) is 18.7. The molecule has 0 bridgehead atoms. The van der Waals surface area contributed by atoms with Crippen LogP contribution in [0.2, 0.25) is 0 Å². The van der Waals surface area contributed by atoms with Crippen LogP contribution in [0.5, 0.6) is 0 Å². The topological polar surface area (TPSA) is 121 Å². The first-order chi connectivity index (χ1) is 26.3. The molecule has 0 aliphatic carbocycles. The number of hydrogen-bond donors (Lipinski definition) is 2. The number of ether oxygens (including phenoxy) is 3. The molecule has 0 saturated carbocycles. The normalized spacial score (nSPS) is 23.7. The molecule has 4 aromatic carbocycles. The lowest BCUT2D eigenvalue weighted by Gasteiger charge is -2.44. The summed E-state index contributed by atoms with van der Waals surface area (Å²) in [6.45, 7) is 7.90. The van der Waals surface area contributed by atoms with Gasteiger partial charge in [-0.1, -0.05) is 116 Å². The monoisotopic (exact) mass is 732 g/mol. The lowest BCUT2D eigenvalue weighted by Crippen LogP contribution is -2.51. The van der Waals surface area contributed by atoms with Gasteiger partial charge >= 0.3 is 6.09 Å². The Hall–Kier alpha value is -4.91. The van der Waals surface area contributed by atoms with Gasteiger partial charge in [-0.15, -0.1) is 0 Å². The van der Waals surface area contributed by atoms with E-state index in [2.05, 4.69) is 52.4 Å². The van der Waals surface area contributed by atoms with E-state index in [9.17, 15) is 19.5 Å². The second kappa shape index (κ2) is 17.5. The first-order valence-electron chi connectivity index (χ1n) is 18.7. The van der Waals surface area contributed by atoms with Gasteiger partial charge in [-0.3, -0.25) is 24.3 Å². The Morgan fingerprint density at radius 3 is 2.00 bits per heavy atom. The van der Waals surface area contributed by atoms with E-state index in [4.69, 9.17) is 14.2 Å². The van der Waals surface area contributed by atoms with Crippen LogP contribution in [0.1, 0.15) is 59.1 Å². The molecule has 11 heteroatoms. The Labute approximate surface area is 316 Å². The Balaban J connectivity index is 0.982. The number of hydrogen-bond acceptors (Lipinski definition) is 9. The number of piperazine rings is 1. The van der Waals surface area contributed by atoms with E-state index in [-0.39, 0.29) is 50.2 Å². The Morgan fingerprint density at radius 1 is 0.741 bits per heavy atom. The molecule has 3 amide bonds. The van der Waals surface area contributed by atoms with Crippen LogP contribution in [0.25, 0.3) is 0 Å². The van der Waals surface area contributed by atoms with Crippen molar-refractivity contribution in [1.29, 1.82) is 0 Å². The highest BCUT2D eigenvalue weighted by atomic mass is 16.7. The molecule has 0 radical (unpaired) electrons. The lowest BCUT2D eigenvalue weighted by atomic mass is 9.90. The van der Waals surface area contributed by atoms with Crippen LogP contribution in [0.3, 0.4) is 0 Å². The number of amides is 3. The number of alkyl carbamates (subject to hydrolysis) is 1. The molecule has 3 saturated heterocycles. The van der Waals surface area contributed by atoms with Crippen LogP contribution in [-0.2, 0) is 50.1 Å². The summed E-state index contributed by atoms with van der Waals surface area (Å²) in [6.07, 6.45) is -1.83. The molecule has 2 N–H and O–H groups in total. The molecule has 11 nitrogen and oxygen atoms in total. The number of imide groups is 1. The van der Waals surface area contributed by atoms with E-state index < -0.39 is 24.3 Å². The summed E-state index contributed by atoms with van der Waals surface area (Å²) in [7, 11) is 0. The molecule has 0 aromatic heterocycles. The molecule has 7 rings (SSSR count). The van der Waals surface area contributed by atoms with Gasteiger partial charge < -0.3 is 24.6 Å². The third-order valence-electron chi connectivity index (χ3n) is 10.6. The summed E-state index contributed by atoms with van der Waals surface area (Å²) in [5.74, 6) is -0.760. The minimum Gasteiger partial charge on any atom is -0.445 e. The van der Waals surface area contributed by atoms with E-state index in [1.165, 1.54) is 10.5 Å². The summed E-state index contributed by atoms with van der Waals surface area (Å²) in [6, 6.07) is 34.3. The number of rotatable bonds is 12. The zero-order valence-electron chi connectivity index (χ0n) is 30.6. The number of carbonyl (C=O) groups is 3. The average Bonchev–Trinajstić information content (AvgIpc) is 3.46. The van der Waals surface area contributed by atoms with E-state index in [1.807, 2.05) is 78.9 Å². The van der Waals surface area contributed by atoms with Gasteiger partial charge in [0.05, 0.1) is 31.8 Å². The van der Waals surface area contributed by atoms with Crippen molar-refractivity contribution in [1.82, 2.24) is 20.0 Å². The summed E-state index contributed by atoms with van der Waals surface area (Å²) >= 11 is 0. The van der Waals surface area contributed by atoms with E-state index >= 15 is 0 Å². The van der Waals surface area contributed by atoms with Crippen molar-refractivity contribution in [3.63, 3.8) is 0 Å². The van der Waals surface area contributed by atoms with Crippen LogP contribution < -0.4 is 5.32 Å². The second-order valence-corrected chi connectivity index (χ2v) is 14.4. The summed E-state index contributed by atoms with van der Waals surface area (Å²) in [4.78, 5) is 44.6. The first kappa shape index (κ1) is 37.4. The van der Waals surface area contributed by atoms with Crippen LogP contribution in [0, 0.1) is 5.92 Å². The highest BCUT2D eigenvalue weighted by molar-refractivity contribution is 6.06. The van der Waals surface area contributed by atoms with Crippen molar-refractivity contribution in [2.45, 2.75) is 64.2 Å². The molecule has 282 valence electrons. The molecule has 0 spiro atoms. The quantitative estimate of drug-likeness (QED) is 0.186. The number of nitrogens with zero attached hydrogens (tertiary/aromatic N) is 3. The Morgan fingerprint density at radius 2 is 1.33 bits per heavy atom. The molecule has 4 aromatic rings. The highest BCUT2D eigenvalue weighted by Gasteiger charge is 2.41. The standard InChI is InChI=1S/C43H48N4O7/c1-30-38(27-46-22-20-45(21-23-46)25-31-8-4-2-5-9-31)53-42(54-40(30)35-16-14-33(28-48)15-17-35)36-18-12-32(13-19-36)26-47-39(49)24-37(41(47)50)44-43(51)52-29-34-10-6-3-7-11-34/h2-19,30,37-38,40,42,48H,20-29H2,1H3,(H,44,51)/t30-,37?,38+,40+,42+/m1/s1. The number of aliphatic hydroxyl groups is 1. The van der Waals surface area contributed by atoms with Crippen LogP contribution in [0.4, 0.5) is 4.79 Å². The Bertz CT molecular complexity index is 1850. The molecular weight excluding hydrogens is 684 g/mol. The van der Waals surface area contributed by atoms with E-state index in [0.717, 1.165) is 67.1 Å². The van der Waals surface area contributed by atoms with Gasteiger partial charge in [-0.2, -0.15) is 0 Å². The van der Waals surface area contributed by atoms with Crippen LogP contribution in [0.15, 0.2) is 109 Å². The minimum absolute atomic E-state index is 0.0224. The lowest BCUT2D eigenvalue weighted by molar-refractivity contribution is -0.276. The molecule has 3 aliphatic heterocycles. The van der Waals surface area contributed by atoms with Gasteiger partial charge in [-0.05, 0) is 27.8 Å². The average molecular weight is 733 g/mol. The second-order valence-electron chi connectivity index (χ2n) is 14.4. The van der Waals surface area contributed by atoms with Gasteiger partial charge in [0.25, 0.3) is 5.91 Å². The van der Waals surface area contributed by atoms with Crippen molar-refractivity contribution in [3.8, 4) is 0 Å². The number of carbonyl (C=O) groups excluding carboxylic acids is 3. The molecular formula is C43H48N4O7. The van der Waals surface area contributed by atoms with Crippen LogP contribution >= 0.6 is 0 Å². The van der Waals surface area contributed by atoms with Crippen LogP contribution in [-0.4, -0.2) is 82.6 Å². The molecule has 3 heterocycles. The predicted octanol–water partition coefficient (Wildman–Crippen LogP) is 5.34. The fraction of sp³-hybridized carbons (Fsp3) is 0.372. The van der Waals surface area contributed by atoms with Gasteiger partial charge in [0, 0.05) is 50.7 Å². The van der Waals surface area contributed by atoms with Crippen molar-refractivity contribution < 1.29 is 33.7 Å². The zero-order valence-corrected chi connectivity index (χ0v) is 30.6. The van der Waals surface area contributed by atoms with Gasteiger partial charge in [-0.25, -0.2) is 4.79 Å². The fourth-order valence-corrected chi connectivity index (χ4v) is 7.39. The maximum atomic E-state index is 13.2. The molecule has 3 aliphatic rings. The number of benzene rings is 4. The van der Waals surface area contributed by atoms with E-state index in [0.29, 0.717) is 0 Å². The third kappa shape index (κ3) is 9.23. The van der Waals surface area contributed by atoms with Crippen molar-refractivity contribution in [3.05, 3.63) is 143 Å². The van der Waals surface area contributed by atoms with E-state index in [1.54, 1.807) is 0 Å².